The first-order chi connectivity index (χ1) is 13.0. The fourth-order valence-corrected chi connectivity index (χ4v) is 3.68. The summed E-state index contributed by atoms with van der Waals surface area (Å²) in [5, 5.41) is 8.31. The van der Waals surface area contributed by atoms with E-state index in [1.807, 2.05) is 22.8 Å². The van der Waals surface area contributed by atoms with Crippen LogP contribution in [0.3, 0.4) is 0 Å². The van der Waals surface area contributed by atoms with Gasteiger partial charge in [0.2, 0.25) is 11.8 Å². The fraction of sp³-hybridized carbons (Fsp3) is 0.211. The summed E-state index contributed by atoms with van der Waals surface area (Å²) in [6.07, 6.45) is 5.13. The summed E-state index contributed by atoms with van der Waals surface area (Å²) in [7, 11) is -3.23. The highest BCUT2D eigenvalue weighted by molar-refractivity contribution is 7.90. The second-order valence-electron chi connectivity index (χ2n) is 6.80. The average Bonchev–Trinajstić information content (AvgIpc) is 3.24. The molecular formula is C19H16N4O3S. The number of sulfone groups is 1. The van der Waals surface area contributed by atoms with Crippen molar-refractivity contribution in [2.24, 2.45) is 0 Å². The van der Waals surface area contributed by atoms with Crippen molar-refractivity contribution in [2.45, 2.75) is 23.7 Å². The minimum atomic E-state index is -3.23. The van der Waals surface area contributed by atoms with Crippen LogP contribution in [-0.4, -0.2) is 34.4 Å². The predicted octanol–water partition coefficient (Wildman–Crippen LogP) is 3.36. The van der Waals surface area contributed by atoms with Gasteiger partial charge in [0.05, 0.1) is 15.9 Å². The summed E-state index contributed by atoms with van der Waals surface area (Å²) < 4.78 is 31.0. The van der Waals surface area contributed by atoms with Gasteiger partial charge in [-0.2, -0.15) is 0 Å². The third kappa shape index (κ3) is 2.91. The van der Waals surface area contributed by atoms with E-state index in [4.69, 9.17) is 4.42 Å². The molecule has 5 rings (SSSR count). The molecule has 0 saturated heterocycles. The molecule has 2 heterocycles. The van der Waals surface area contributed by atoms with Crippen molar-refractivity contribution >= 4 is 20.9 Å². The molecule has 4 aromatic rings. The van der Waals surface area contributed by atoms with E-state index >= 15 is 0 Å². The van der Waals surface area contributed by atoms with Gasteiger partial charge in [-0.1, -0.05) is 0 Å². The lowest BCUT2D eigenvalue weighted by Gasteiger charge is -2.06. The van der Waals surface area contributed by atoms with Crippen LogP contribution in [0, 0.1) is 0 Å². The maximum atomic E-state index is 11.7. The lowest BCUT2D eigenvalue weighted by Crippen LogP contribution is -1.98. The maximum Gasteiger partial charge on any atom is 0.247 e. The summed E-state index contributed by atoms with van der Waals surface area (Å²) in [5.41, 5.74) is 3.36. The van der Waals surface area contributed by atoms with E-state index in [1.54, 1.807) is 30.6 Å². The van der Waals surface area contributed by atoms with Crippen LogP contribution < -0.4 is 0 Å². The predicted molar refractivity (Wildman–Crippen MR) is 99.4 cm³/mol. The Labute approximate surface area is 155 Å². The number of hydrogen-bond acceptors (Lipinski definition) is 6. The molecular weight excluding hydrogens is 364 g/mol. The number of fused-ring (bicyclic) bond motifs is 1. The highest BCUT2D eigenvalue weighted by atomic mass is 32.2. The molecule has 1 saturated carbocycles. The monoisotopic (exact) mass is 380 g/mol. The van der Waals surface area contributed by atoms with E-state index < -0.39 is 9.84 Å². The lowest BCUT2D eigenvalue weighted by atomic mass is 10.2. The molecule has 0 bridgehead atoms. The number of benzene rings is 2. The second kappa shape index (κ2) is 5.75. The van der Waals surface area contributed by atoms with Crippen LogP contribution in [-0.2, 0) is 9.84 Å². The van der Waals surface area contributed by atoms with E-state index in [2.05, 4.69) is 15.2 Å². The van der Waals surface area contributed by atoms with Crippen LogP contribution in [0.1, 0.15) is 24.7 Å². The molecule has 7 nitrogen and oxygen atoms in total. The fourth-order valence-electron chi connectivity index (χ4n) is 3.05. The van der Waals surface area contributed by atoms with E-state index in [9.17, 15) is 8.42 Å². The van der Waals surface area contributed by atoms with E-state index in [0.717, 1.165) is 35.1 Å². The Bertz CT molecular complexity index is 1250. The molecule has 0 N–H and O–H groups in total. The van der Waals surface area contributed by atoms with Gasteiger partial charge in [-0.05, 0) is 55.3 Å². The number of rotatable bonds is 4. The molecule has 136 valence electrons. The molecule has 2 aromatic carbocycles. The summed E-state index contributed by atoms with van der Waals surface area (Å²) in [6, 6.07) is 12.5. The molecule has 1 aliphatic rings. The first-order valence-electron chi connectivity index (χ1n) is 8.60. The standard InChI is InChI=1S/C19H16N4O3S/c1-27(24,25)15-7-5-14(6-8-15)23-11-20-16-9-4-13(10-17(16)23)19-22-21-18(26-19)12-2-3-12/h4-12H,2-3H2,1H3. The molecule has 0 spiro atoms. The number of aromatic nitrogens is 4. The SMILES string of the molecule is CS(=O)(=O)c1ccc(-n2cnc3ccc(-c4nnc(C5CC5)o4)cc32)cc1. The van der Waals surface area contributed by atoms with E-state index in [1.165, 1.54) is 6.26 Å². The third-order valence-electron chi connectivity index (χ3n) is 4.70. The minimum Gasteiger partial charge on any atom is -0.420 e. The lowest BCUT2D eigenvalue weighted by molar-refractivity contribution is 0.508. The van der Waals surface area contributed by atoms with Crippen molar-refractivity contribution in [1.82, 2.24) is 19.7 Å². The van der Waals surface area contributed by atoms with E-state index in [-0.39, 0.29) is 4.90 Å². The number of imidazole rings is 1. The zero-order valence-electron chi connectivity index (χ0n) is 14.5. The van der Waals surface area contributed by atoms with Crippen molar-refractivity contribution in [3.8, 4) is 17.1 Å². The van der Waals surface area contributed by atoms with Crippen LogP contribution in [0.5, 0.6) is 0 Å². The zero-order valence-corrected chi connectivity index (χ0v) is 15.3. The van der Waals surface area contributed by atoms with Crippen molar-refractivity contribution in [2.75, 3.05) is 6.26 Å². The molecule has 0 radical (unpaired) electrons. The first kappa shape index (κ1) is 16.2. The Morgan fingerprint density at radius 1 is 1.07 bits per heavy atom. The summed E-state index contributed by atoms with van der Waals surface area (Å²) in [4.78, 5) is 4.71. The van der Waals surface area contributed by atoms with Gasteiger partial charge in [0, 0.05) is 23.4 Å². The topological polar surface area (TPSA) is 90.9 Å². The van der Waals surface area contributed by atoms with E-state index in [0.29, 0.717) is 17.7 Å². The van der Waals surface area contributed by atoms with Crippen LogP contribution in [0.2, 0.25) is 0 Å². The smallest absolute Gasteiger partial charge is 0.247 e. The third-order valence-corrected chi connectivity index (χ3v) is 5.83. The minimum absolute atomic E-state index is 0.287. The molecule has 0 amide bonds. The Balaban J connectivity index is 1.56. The van der Waals surface area contributed by atoms with Crippen molar-refractivity contribution in [3.63, 3.8) is 0 Å². The molecule has 0 atom stereocenters. The second-order valence-corrected chi connectivity index (χ2v) is 8.82. The van der Waals surface area contributed by atoms with Crippen molar-refractivity contribution < 1.29 is 12.8 Å². The molecule has 8 heteroatoms. The van der Waals surface area contributed by atoms with Crippen LogP contribution in [0.15, 0.2) is 58.1 Å². The number of nitrogens with zero attached hydrogens (tertiary/aromatic N) is 4. The van der Waals surface area contributed by atoms with Gasteiger partial charge in [0.15, 0.2) is 9.84 Å². The molecule has 0 aliphatic heterocycles. The maximum absolute atomic E-state index is 11.7. The summed E-state index contributed by atoms with van der Waals surface area (Å²) in [5.74, 6) is 1.61. The first-order valence-corrected chi connectivity index (χ1v) is 10.5. The Morgan fingerprint density at radius 3 is 2.56 bits per heavy atom. The Morgan fingerprint density at radius 2 is 1.85 bits per heavy atom. The normalized spacial score (nSPS) is 14.7. The molecule has 0 unspecified atom stereocenters. The molecule has 27 heavy (non-hydrogen) atoms. The van der Waals surface area contributed by atoms with Crippen LogP contribution in [0.25, 0.3) is 28.2 Å². The van der Waals surface area contributed by atoms with Gasteiger partial charge in [-0.25, -0.2) is 13.4 Å². The average molecular weight is 380 g/mol. The largest absolute Gasteiger partial charge is 0.420 e. The van der Waals surface area contributed by atoms with Crippen molar-refractivity contribution in [3.05, 3.63) is 54.7 Å². The summed E-state index contributed by atoms with van der Waals surface area (Å²) >= 11 is 0. The van der Waals surface area contributed by atoms with Gasteiger partial charge in [0.1, 0.15) is 6.33 Å². The highest BCUT2D eigenvalue weighted by Crippen LogP contribution is 2.40. The van der Waals surface area contributed by atoms with Crippen molar-refractivity contribution in [1.29, 1.82) is 0 Å². The van der Waals surface area contributed by atoms with Gasteiger partial charge in [0.25, 0.3) is 0 Å². The molecule has 1 fully saturated rings. The zero-order chi connectivity index (χ0) is 18.6. The van der Waals surface area contributed by atoms with Crippen LogP contribution in [0.4, 0.5) is 0 Å². The van der Waals surface area contributed by atoms with Gasteiger partial charge in [-0.15, -0.1) is 10.2 Å². The quantitative estimate of drug-likeness (QED) is 0.539. The molecule has 2 aromatic heterocycles. The van der Waals surface area contributed by atoms with Gasteiger partial charge >= 0.3 is 0 Å². The Kier molecular flexibility index (Phi) is 3.45. The number of hydrogen-bond donors (Lipinski definition) is 0. The molecule has 1 aliphatic carbocycles. The van der Waals surface area contributed by atoms with Crippen LogP contribution >= 0.6 is 0 Å². The summed E-state index contributed by atoms with van der Waals surface area (Å²) in [6.45, 7) is 0. The van der Waals surface area contributed by atoms with Gasteiger partial charge < -0.3 is 4.42 Å². The van der Waals surface area contributed by atoms with Gasteiger partial charge in [-0.3, -0.25) is 4.57 Å². The highest BCUT2D eigenvalue weighted by Gasteiger charge is 2.29. The Hall–Kier alpha value is -3.00.